The summed E-state index contributed by atoms with van der Waals surface area (Å²) in [5, 5.41) is 3.29. The molecule has 5 nitrogen and oxygen atoms in total. The van der Waals surface area contributed by atoms with Crippen LogP contribution in [0, 0.1) is 5.41 Å². The summed E-state index contributed by atoms with van der Waals surface area (Å²) in [5.41, 5.74) is 8.26. The minimum absolute atomic E-state index is 0.0572. The zero-order valence-corrected chi connectivity index (χ0v) is 11.6. The van der Waals surface area contributed by atoms with Crippen LogP contribution in [-0.2, 0) is 0 Å². The molecule has 0 aliphatic heterocycles. The molecule has 4 N–H and O–H groups in total. The molecule has 1 atom stereocenters. The largest absolute Gasteiger partial charge is 0.417 e. The van der Waals surface area contributed by atoms with Crippen molar-refractivity contribution in [3.63, 3.8) is 0 Å². The predicted molar refractivity (Wildman–Crippen MR) is 76.1 cm³/mol. The lowest BCUT2D eigenvalue weighted by atomic mass is 9.83. The minimum Gasteiger partial charge on any atom is -0.408 e. The maximum atomic E-state index is 11.2. The molecule has 19 heavy (non-hydrogen) atoms. The van der Waals surface area contributed by atoms with Crippen LogP contribution < -0.4 is 16.8 Å². The second kappa shape index (κ2) is 5.19. The van der Waals surface area contributed by atoms with Crippen molar-refractivity contribution in [3.8, 4) is 0 Å². The highest BCUT2D eigenvalue weighted by molar-refractivity contribution is 5.72. The molecule has 0 aliphatic rings. The van der Waals surface area contributed by atoms with E-state index in [9.17, 15) is 4.79 Å². The Morgan fingerprint density at radius 1 is 1.47 bits per heavy atom. The first-order valence-electron chi connectivity index (χ1n) is 6.45. The van der Waals surface area contributed by atoms with Gasteiger partial charge in [-0.25, -0.2) is 4.79 Å². The van der Waals surface area contributed by atoms with E-state index in [-0.39, 0.29) is 11.5 Å². The van der Waals surface area contributed by atoms with Crippen LogP contribution in [0.4, 0.5) is 0 Å². The number of aromatic nitrogens is 1. The summed E-state index contributed by atoms with van der Waals surface area (Å²) in [6, 6.07) is 5.96. The summed E-state index contributed by atoms with van der Waals surface area (Å²) in [4.78, 5) is 13.8. The van der Waals surface area contributed by atoms with Gasteiger partial charge in [0.05, 0.1) is 5.52 Å². The first-order chi connectivity index (χ1) is 8.95. The Hall–Kier alpha value is -1.59. The van der Waals surface area contributed by atoms with Gasteiger partial charge in [-0.15, -0.1) is 0 Å². The second-order valence-corrected chi connectivity index (χ2v) is 5.68. The Kier molecular flexibility index (Phi) is 3.78. The van der Waals surface area contributed by atoms with Crippen LogP contribution in [0.25, 0.3) is 11.1 Å². The fourth-order valence-corrected chi connectivity index (χ4v) is 2.20. The number of nitrogens with two attached hydrogens (primary N) is 1. The Morgan fingerprint density at radius 2 is 2.21 bits per heavy atom. The van der Waals surface area contributed by atoms with Crippen LogP contribution >= 0.6 is 0 Å². The quantitative estimate of drug-likeness (QED) is 0.767. The fourth-order valence-electron chi connectivity index (χ4n) is 2.20. The van der Waals surface area contributed by atoms with Crippen molar-refractivity contribution in [2.45, 2.75) is 26.3 Å². The van der Waals surface area contributed by atoms with E-state index in [1.54, 1.807) is 0 Å². The maximum absolute atomic E-state index is 11.2. The Morgan fingerprint density at radius 3 is 2.84 bits per heavy atom. The predicted octanol–water partition coefficient (Wildman–Crippen LogP) is 1.76. The van der Waals surface area contributed by atoms with Gasteiger partial charge >= 0.3 is 5.76 Å². The zero-order valence-electron chi connectivity index (χ0n) is 11.6. The third kappa shape index (κ3) is 3.05. The first kappa shape index (κ1) is 13.8. The van der Waals surface area contributed by atoms with E-state index in [1.807, 2.05) is 25.2 Å². The molecule has 0 radical (unpaired) electrons. The van der Waals surface area contributed by atoms with Gasteiger partial charge in [0, 0.05) is 6.04 Å². The number of oxazole rings is 1. The second-order valence-electron chi connectivity index (χ2n) is 5.68. The maximum Gasteiger partial charge on any atom is 0.417 e. The van der Waals surface area contributed by atoms with Gasteiger partial charge in [-0.2, -0.15) is 0 Å². The number of fused-ring (bicyclic) bond motifs is 1. The molecule has 0 bridgehead atoms. The monoisotopic (exact) mass is 263 g/mol. The number of hydrogen-bond donors (Lipinski definition) is 3. The Balaban J connectivity index is 2.32. The van der Waals surface area contributed by atoms with Crippen LogP contribution in [0.1, 0.15) is 31.9 Å². The molecule has 1 unspecified atom stereocenters. The molecule has 0 aliphatic carbocycles. The molecule has 104 valence electrons. The average molecular weight is 263 g/mol. The molecular weight excluding hydrogens is 242 g/mol. The summed E-state index contributed by atoms with van der Waals surface area (Å²) in [6.45, 7) is 4.92. The number of benzene rings is 1. The van der Waals surface area contributed by atoms with E-state index in [2.05, 4.69) is 24.1 Å². The topological polar surface area (TPSA) is 84.0 Å². The highest BCUT2D eigenvalue weighted by atomic mass is 16.4. The Bertz CT molecular complexity index is 612. The van der Waals surface area contributed by atoms with Crippen LogP contribution in [0.3, 0.4) is 0 Å². The molecule has 2 rings (SSSR count). The molecule has 0 spiro atoms. The SMILES string of the molecule is CNC(CC(C)(C)CN)c1ccc2[nH]c(=O)oc2c1. The highest BCUT2D eigenvalue weighted by Crippen LogP contribution is 2.30. The minimum atomic E-state index is -0.421. The number of hydrogen-bond acceptors (Lipinski definition) is 4. The van der Waals surface area contributed by atoms with Gasteiger partial charge < -0.3 is 15.5 Å². The lowest BCUT2D eigenvalue weighted by Crippen LogP contribution is -2.30. The zero-order chi connectivity index (χ0) is 14.0. The van der Waals surface area contributed by atoms with E-state index in [0.717, 1.165) is 17.5 Å². The van der Waals surface area contributed by atoms with Crippen LogP contribution in [0.15, 0.2) is 27.4 Å². The smallest absolute Gasteiger partial charge is 0.408 e. The Labute approximate surface area is 112 Å². The molecule has 0 fully saturated rings. The molecule has 0 saturated heterocycles. The third-order valence-corrected chi connectivity index (χ3v) is 3.51. The van der Waals surface area contributed by atoms with Crippen LogP contribution in [-0.4, -0.2) is 18.6 Å². The van der Waals surface area contributed by atoms with Gasteiger partial charge in [-0.05, 0) is 43.1 Å². The number of H-pyrrole nitrogens is 1. The normalized spacial score (nSPS) is 13.9. The van der Waals surface area contributed by atoms with Gasteiger partial charge in [0.15, 0.2) is 5.58 Å². The average Bonchev–Trinajstić information content (AvgIpc) is 2.75. The van der Waals surface area contributed by atoms with Crippen LogP contribution in [0.2, 0.25) is 0 Å². The van der Waals surface area contributed by atoms with E-state index in [1.165, 1.54) is 0 Å². The van der Waals surface area contributed by atoms with Gasteiger partial charge in [0.2, 0.25) is 0 Å². The van der Waals surface area contributed by atoms with Crippen molar-refractivity contribution in [1.82, 2.24) is 10.3 Å². The van der Waals surface area contributed by atoms with Gasteiger partial charge in [0.25, 0.3) is 0 Å². The van der Waals surface area contributed by atoms with Crippen molar-refractivity contribution in [2.24, 2.45) is 11.1 Å². The lowest BCUT2D eigenvalue weighted by molar-refractivity contribution is 0.299. The van der Waals surface area contributed by atoms with Gasteiger partial charge in [-0.1, -0.05) is 19.9 Å². The summed E-state index contributed by atoms with van der Waals surface area (Å²) in [6.07, 6.45) is 0.917. The lowest BCUT2D eigenvalue weighted by Gasteiger charge is -2.28. The molecular formula is C14H21N3O2. The van der Waals surface area contributed by atoms with Crippen molar-refractivity contribution in [1.29, 1.82) is 0 Å². The van der Waals surface area contributed by atoms with E-state index >= 15 is 0 Å². The summed E-state index contributed by atoms with van der Waals surface area (Å²) < 4.78 is 5.10. The van der Waals surface area contributed by atoms with E-state index in [0.29, 0.717) is 12.1 Å². The highest BCUT2D eigenvalue weighted by Gasteiger charge is 2.22. The molecule has 2 aromatic rings. The standard InChI is InChI=1S/C14H21N3O2/c1-14(2,8-15)7-11(16-3)9-4-5-10-12(6-9)19-13(18)17-10/h4-6,11,16H,7-8,15H2,1-3H3,(H,17,18). The van der Waals surface area contributed by atoms with Gasteiger partial charge in [0.1, 0.15) is 0 Å². The van der Waals surface area contributed by atoms with Crippen LogP contribution in [0.5, 0.6) is 0 Å². The molecule has 0 amide bonds. The van der Waals surface area contributed by atoms with E-state index < -0.39 is 5.76 Å². The van der Waals surface area contributed by atoms with Crippen molar-refractivity contribution in [2.75, 3.05) is 13.6 Å². The van der Waals surface area contributed by atoms with Crippen molar-refractivity contribution < 1.29 is 4.42 Å². The number of rotatable bonds is 5. The fraction of sp³-hybridized carbons (Fsp3) is 0.500. The summed E-state index contributed by atoms with van der Waals surface area (Å²) >= 11 is 0. The van der Waals surface area contributed by atoms with Crippen molar-refractivity contribution >= 4 is 11.1 Å². The molecule has 0 saturated carbocycles. The van der Waals surface area contributed by atoms with E-state index in [4.69, 9.17) is 10.2 Å². The third-order valence-electron chi connectivity index (χ3n) is 3.51. The molecule has 1 heterocycles. The molecule has 1 aromatic heterocycles. The van der Waals surface area contributed by atoms with Crippen molar-refractivity contribution in [3.05, 3.63) is 34.3 Å². The first-order valence-corrected chi connectivity index (χ1v) is 6.45. The molecule has 5 heteroatoms. The van der Waals surface area contributed by atoms with Gasteiger partial charge in [-0.3, -0.25) is 4.98 Å². The molecule has 1 aromatic carbocycles. The summed E-state index contributed by atoms with van der Waals surface area (Å²) in [5.74, 6) is -0.421. The number of nitrogens with one attached hydrogen (secondary N) is 2. The number of aromatic amines is 1. The summed E-state index contributed by atoms with van der Waals surface area (Å²) in [7, 11) is 1.93.